The van der Waals surface area contributed by atoms with Crippen LogP contribution in [0.1, 0.15) is 12.8 Å². The molecular weight excluding hydrogens is 258 g/mol. The van der Waals surface area contributed by atoms with Gasteiger partial charge in [-0.3, -0.25) is 4.79 Å². The zero-order chi connectivity index (χ0) is 14.1. The van der Waals surface area contributed by atoms with E-state index in [1.165, 1.54) is 4.68 Å². The van der Waals surface area contributed by atoms with Crippen LogP contribution in [0.25, 0.3) is 11.0 Å². The first kappa shape index (κ1) is 12.6. The molecule has 7 nitrogen and oxygen atoms in total. The zero-order valence-electron chi connectivity index (χ0n) is 10.9. The Kier molecular flexibility index (Phi) is 3.09. The second-order valence-corrected chi connectivity index (χ2v) is 4.94. The molecule has 0 radical (unpaired) electrons. The molecule has 1 aromatic heterocycles. The lowest BCUT2D eigenvalue weighted by Gasteiger charge is -2.30. The Morgan fingerprint density at radius 2 is 1.90 bits per heavy atom. The van der Waals surface area contributed by atoms with Gasteiger partial charge in [-0.25, -0.2) is 4.79 Å². The molecule has 1 fully saturated rings. The summed E-state index contributed by atoms with van der Waals surface area (Å²) in [7, 11) is 0. The quantitative estimate of drug-likeness (QED) is 0.823. The number of benzene rings is 1. The lowest BCUT2D eigenvalue weighted by Crippen LogP contribution is -2.43. The van der Waals surface area contributed by atoms with Crippen LogP contribution in [0.3, 0.4) is 0 Å². The van der Waals surface area contributed by atoms with Crippen molar-refractivity contribution in [3.63, 3.8) is 0 Å². The summed E-state index contributed by atoms with van der Waals surface area (Å²) in [5, 5.41) is 7.88. The van der Waals surface area contributed by atoms with Gasteiger partial charge in [-0.05, 0) is 25.0 Å². The average molecular weight is 273 g/mol. The molecule has 0 atom stereocenters. The van der Waals surface area contributed by atoms with E-state index in [1.54, 1.807) is 4.90 Å². The van der Waals surface area contributed by atoms with Gasteiger partial charge in [-0.1, -0.05) is 17.3 Å². The number of hydrogen-bond acceptors (Lipinski definition) is 4. The van der Waals surface area contributed by atoms with E-state index in [1.807, 2.05) is 24.3 Å². The van der Waals surface area contributed by atoms with E-state index in [9.17, 15) is 9.59 Å². The summed E-state index contributed by atoms with van der Waals surface area (Å²) < 4.78 is 1.31. The van der Waals surface area contributed by atoms with Crippen LogP contribution >= 0.6 is 0 Å². The number of rotatable bonds is 1. The van der Waals surface area contributed by atoms with E-state index in [4.69, 9.17) is 5.73 Å². The topological polar surface area (TPSA) is 94.1 Å². The number of piperidine rings is 1. The van der Waals surface area contributed by atoms with Gasteiger partial charge in [0, 0.05) is 19.0 Å². The number of aromatic nitrogens is 3. The van der Waals surface area contributed by atoms with Crippen LogP contribution in [0.2, 0.25) is 0 Å². The van der Waals surface area contributed by atoms with E-state index >= 15 is 0 Å². The van der Waals surface area contributed by atoms with Gasteiger partial charge in [0.05, 0.1) is 5.52 Å². The van der Waals surface area contributed by atoms with Crippen LogP contribution in [-0.2, 0) is 4.79 Å². The first-order chi connectivity index (χ1) is 9.66. The number of hydrogen-bond donors (Lipinski definition) is 1. The van der Waals surface area contributed by atoms with E-state index in [0.717, 1.165) is 0 Å². The fraction of sp³-hybridized carbons (Fsp3) is 0.385. The minimum atomic E-state index is -0.289. The Morgan fingerprint density at radius 1 is 1.20 bits per heavy atom. The van der Waals surface area contributed by atoms with Crippen LogP contribution in [0.4, 0.5) is 4.79 Å². The largest absolute Gasteiger partial charge is 0.369 e. The third kappa shape index (κ3) is 2.11. The molecule has 1 saturated heterocycles. The summed E-state index contributed by atoms with van der Waals surface area (Å²) in [5.41, 5.74) is 6.66. The van der Waals surface area contributed by atoms with Crippen LogP contribution in [-0.4, -0.2) is 44.9 Å². The summed E-state index contributed by atoms with van der Waals surface area (Å²) in [4.78, 5) is 25.2. The Balaban J connectivity index is 1.78. The maximum atomic E-state index is 12.4. The summed E-state index contributed by atoms with van der Waals surface area (Å²) in [6.45, 7) is 1.03. The highest BCUT2D eigenvalue weighted by Crippen LogP contribution is 2.18. The van der Waals surface area contributed by atoms with Gasteiger partial charge in [0.15, 0.2) is 0 Å². The minimum Gasteiger partial charge on any atom is -0.369 e. The van der Waals surface area contributed by atoms with Crippen molar-refractivity contribution >= 4 is 23.0 Å². The molecule has 2 N–H and O–H groups in total. The molecule has 2 heterocycles. The third-order valence-corrected chi connectivity index (χ3v) is 3.70. The predicted molar refractivity (Wildman–Crippen MR) is 71.8 cm³/mol. The van der Waals surface area contributed by atoms with E-state index in [2.05, 4.69) is 10.3 Å². The molecule has 104 valence electrons. The first-order valence-electron chi connectivity index (χ1n) is 6.56. The molecule has 20 heavy (non-hydrogen) atoms. The van der Waals surface area contributed by atoms with Gasteiger partial charge in [-0.2, -0.15) is 4.68 Å². The van der Waals surface area contributed by atoms with E-state index in [0.29, 0.717) is 37.0 Å². The zero-order valence-corrected chi connectivity index (χ0v) is 10.9. The van der Waals surface area contributed by atoms with Crippen LogP contribution in [0.15, 0.2) is 24.3 Å². The van der Waals surface area contributed by atoms with Gasteiger partial charge in [-0.15, -0.1) is 5.10 Å². The Hall–Kier alpha value is -2.44. The highest BCUT2D eigenvalue weighted by Gasteiger charge is 2.27. The average Bonchev–Trinajstić information content (AvgIpc) is 2.90. The molecule has 0 unspecified atom stereocenters. The van der Waals surface area contributed by atoms with Gasteiger partial charge >= 0.3 is 6.03 Å². The normalized spacial score (nSPS) is 16.5. The maximum absolute atomic E-state index is 12.4. The lowest BCUT2D eigenvalue weighted by atomic mass is 9.96. The van der Waals surface area contributed by atoms with E-state index < -0.39 is 0 Å². The molecule has 1 aliphatic rings. The number of nitrogens with two attached hydrogens (primary N) is 1. The highest BCUT2D eigenvalue weighted by atomic mass is 16.2. The molecule has 3 rings (SSSR count). The molecule has 0 saturated carbocycles. The summed E-state index contributed by atoms with van der Waals surface area (Å²) in [6, 6.07) is 7.11. The Morgan fingerprint density at radius 3 is 2.60 bits per heavy atom. The maximum Gasteiger partial charge on any atom is 0.346 e. The number of para-hydroxylation sites is 1. The fourth-order valence-corrected chi connectivity index (χ4v) is 2.50. The summed E-state index contributed by atoms with van der Waals surface area (Å²) in [5.74, 6) is -0.421. The number of primary amides is 1. The molecular formula is C13H15N5O2. The van der Waals surface area contributed by atoms with Crippen molar-refractivity contribution in [2.45, 2.75) is 12.8 Å². The molecule has 0 aliphatic carbocycles. The van der Waals surface area contributed by atoms with Crippen molar-refractivity contribution in [2.75, 3.05) is 13.1 Å². The van der Waals surface area contributed by atoms with Crippen molar-refractivity contribution < 1.29 is 9.59 Å². The van der Waals surface area contributed by atoms with Crippen LogP contribution < -0.4 is 5.73 Å². The number of carbonyl (C=O) groups is 2. The second-order valence-electron chi connectivity index (χ2n) is 4.94. The van der Waals surface area contributed by atoms with Crippen LogP contribution in [0, 0.1) is 5.92 Å². The van der Waals surface area contributed by atoms with E-state index in [-0.39, 0.29) is 17.9 Å². The number of likely N-dealkylation sites (tertiary alicyclic amines) is 1. The SMILES string of the molecule is NC(=O)C1CCN(C(=O)n2nnc3ccccc32)CC1. The van der Waals surface area contributed by atoms with Gasteiger partial charge < -0.3 is 10.6 Å². The van der Waals surface area contributed by atoms with Crippen LogP contribution in [0.5, 0.6) is 0 Å². The molecule has 0 spiro atoms. The molecule has 2 amide bonds. The van der Waals surface area contributed by atoms with Gasteiger partial charge in [0.1, 0.15) is 5.52 Å². The Labute approximate surface area is 115 Å². The van der Waals surface area contributed by atoms with Gasteiger partial charge in [0.2, 0.25) is 5.91 Å². The fourth-order valence-electron chi connectivity index (χ4n) is 2.50. The summed E-state index contributed by atoms with van der Waals surface area (Å²) >= 11 is 0. The standard InChI is InChI=1S/C13H15N5O2/c14-12(19)9-5-7-17(8-6-9)13(20)18-11-4-2-1-3-10(11)15-16-18/h1-4,9H,5-8H2,(H2,14,19). The summed E-state index contributed by atoms with van der Waals surface area (Å²) in [6.07, 6.45) is 1.21. The smallest absolute Gasteiger partial charge is 0.346 e. The first-order valence-corrected chi connectivity index (χ1v) is 6.56. The monoisotopic (exact) mass is 273 g/mol. The second kappa shape index (κ2) is 4.92. The molecule has 1 aliphatic heterocycles. The number of nitrogens with zero attached hydrogens (tertiary/aromatic N) is 4. The molecule has 0 bridgehead atoms. The lowest BCUT2D eigenvalue weighted by molar-refractivity contribution is -0.123. The Bertz CT molecular complexity index is 658. The number of carbonyl (C=O) groups excluding carboxylic acids is 2. The van der Waals surface area contributed by atoms with Crippen molar-refractivity contribution in [1.82, 2.24) is 19.9 Å². The van der Waals surface area contributed by atoms with Crippen molar-refractivity contribution in [2.24, 2.45) is 11.7 Å². The molecule has 7 heteroatoms. The number of fused-ring (bicyclic) bond motifs is 1. The molecule has 2 aromatic rings. The highest BCUT2D eigenvalue weighted by molar-refractivity contribution is 5.87. The minimum absolute atomic E-state index is 0.133. The van der Waals surface area contributed by atoms with Crippen molar-refractivity contribution in [3.05, 3.63) is 24.3 Å². The number of amides is 2. The van der Waals surface area contributed by atoms with Crippen molar-refractivity contribution in [3.8, 4) is 0 Å². The van der Waals surface area contributed by atoms with Crippen molar-refractivity contribution in [1.29, 1.82) is 0 Å². The predicted octanol–water partition coefficient (Wildman–Crippen LogP) is 0.597. The molecule has 1 aromatic carbocycles. The van der Waals surface area contributed by atoms with Gasteiger partial charge in [0.25, 0.3) is 0 Å². The third-order valence-electron chi connectivity index (χ3n) is 3.70.